The lowest BCUT2D eigenvalue weighted by Crippen LogP contribution is -2.45. The molecule has 18 nitrogen and oxygen atoms in total. The molecule has 4 aliphatic rings. The molecule has 10 atom stereocenters. The van der Waals surface area contributed by atoms with Crippen LogP contribution >= 0.6 is 13.4 Å². The molecular formula is C22H24FN9O9P2S2. The summed E-state index contributed by atoms with van der Waals surface area (Å²) in [4.78, 5) is 47.6. The summed E-state index contributed by atoms with van der Waals surface area (Å²) in [5, 5.41) is 0. The van der Waals surface area contributed by atoms with E-state index in [0.717, 1.165) is 0 Å². The van der Waals surface area contributed by atoms with Crippen molar-refractivity contribution in [3.8, 4) is 0 Å². The predicted octanol–water partition coefficient (Wildman–Crippen LogP) is 0.710. The number of imidazole rings is 2. The van der Waals surface area contributed by atoms with Gasteiger partial charge in [-0.3, -0.25) is 18.2 Å². The van der Waals surface area contributed by atoms with Gasteiger partial charge in [0.15, 0.2) is 35.7 Å². The first-order chi connectivity index (χ1) is 21.5. The summed E-state index contributed by atoms with van der Waals surface area (Å²) in [7, 11) is 0. The van der Waals surface area contributed by atoms with Crippen LogP contribution in [-0.2, 0) is 55.9 Å². The van der Waals surface area contributed by atoms with Gasteiger partial charge in [0, 0.05) is 0 Å². The number of nitrogens with zero attached hydrogens (tertiary/aromatic N) is 8. The third-order valence-electron chi connectivity index (χ3n) is 8.09. The molecule has 8 heterocycles. The second-order valence-electron chi connectivity index (χ2n) is 10.8. The maximum Gasteiger partial charge on any atom is 0.325 e. The van der Waals surface area contributed by atoms with Crippen molar-refractivity contribution in [1.82, 2.24) is 39.0 Å². The maximum absolute atomic E-state index is 16.0. The number of aryl methyl sites for hydroxylation is 1. The Morgan fingerprint density at radius 3 is 2.40 bits per heavy atom. The fourth-order valence-electron chi connectivity index (χ4n) is 5.97. The van der Waals surface area contributed by atoms with Gasteiger partial charge in [-0.1, -0.05) is 0 Å². The van der Waals surface area contributed by atoms with Crippen molar-refractivity contribution in [1.29, 1.82) is 0 Å². The molecule has 4 aliphatic heterocycles. The molecule has 0 aromatic carbocycles. The first-order valence-corrected chi connectivity index (χ1v) is 18.6. The smallest absolute Gasteiger partial charge is 0.325 e. The standard InChI is InChI=1S/C22H24FN9O9P2S2/c1-9-12-18(27-5-25-9)32(7-29-12)21-15-16-22(39-21,3-35-15)4-37-43(34,45)40-14-11(23)10(2-36-42(33,44)41-16)38-20(14)31-8-30-13-17(24)26-6-28-19(13)31/h5-8,10-11,14-16,20-21H,2-4H2,1H3,(H,33,44)(H,34,45)(H2,24,26,28)/t10-,11-,14-,15-,16+,20-,21-,22-,42?,43?/m1/s1. The van der Waals surface area contributed by atoms with Crippen molar-refractivity contribution in [3.05, 3.63) is 31.0 Å². The van der Waals surface area contributed by atoms with Gasteiger partial charge in [-0.15, -0.1) is 0 Å². The molecule has 4 saturated heterocycles. The highest BCUT2D eigenvalue weighted by Gasteiger charge is 2.65. The quantitative estimate of drug-likeness (QED) is 0.245. The zero-order valence-electron chi connectivity index (χ0n) is 23.0. The van der Waals surface area contributed by atoms with E-state index in [-0.39, 0.29) is 23.6 Å². The Balaban J connectivity index is 1.14. The molecule has 0 amide bonds. The second kappa shape index (κ2) is 10.6. The Labute approximate surface area is 262 Å². The van der Waals surface area contributed by atoms with Gasteiger partial charge in [-0.05, 0) is 30.5 Å². The average Bonchev–Trinajstić information content (AvgIpc) is 3.80. The van der Waals surface area contributed by atoms with Crippen LogP contribution in [0.2, 0.25) is 0 Å². The van der Waals surface area contributed by atoms with Gasteiger partial charge in [-0.25, -0.2) is 34.3 Å². The number of aromatic nitrogens is 8. The van der Waals surface area contributed by atoms with E-state index in [1.807, 2.05) is 0 Å². The van der Waals surface area contributed by atoms with Crippen LogP contribution < -0.4 is 5.73 Å². The summed E-state index contributed by atoms with van der Waals surface area (Å²) < 4.78 is 60.6. The molecule has 0 radical (unpaired) electrons. The minimum absolute atomic E-state index is 0.0875. The van der Waals surface area contributed by atoms with Crippen LogP contribution in [0.4, 0.5) is 10.2 Å². The highest BCUT2D eigenvalue weighted by Crippen LogP contribution is 2.58. The largest absolute Gasteiger partial charge is 0.382 e. The minimum Gasteiger partial charge on any atom is -0.382 e. The van der Waals surface area contributed by atoms with E-state index >= 15 is 4.39 Å². The number of anilines is 1. The Morgan fingerprint density at radius 2 is 1.60 bits per heavy atom. The van der Waals surface area contributed by atoms with Crippen LogP contribution in [0, 0.1) is 6.92 Å². The zero-order chi connectivity index (χ0) is 31.3. The van der Waals surface area contributed by atoms with Crippen molar-refractivity contribution in [2.75, 3.05) is 25.6 Å². The van der Waals surface area contributed by atoms with E-state index in [2.05, 4.69) is 29.9 Å². The number of halogens is 1. The number of rotatable bonds is 2. The van der Waals surface area contributed by atoms with Crippen LogP contribution in [0.25, 0.3) is 22.3 Å². The first kappa shape index (κ1) is 30.1. The number of hydrogen-bond acceptors (Lipinski definition) is 16. The van der Waals surface area contributed by atoms with Crippen molar-refractivity contribution >= 4 is 65.2 Å². The lowest BCUT2D eigenvalue weighted by Gasteiger charge is -2.33. The molecule has 23 heteroatoms. The van der Waals surface area contributed by atoms with Gasteiger partial charge in [0.25, 0.3) is 0 Å². The topological polar surface area (TPSA) is 218 Å². The molecule has 4 N–H and O–H groups in total. The molecular weight excluding hydrogens is 679 g/mol. The molecule has 0 aliphatic carbocycles. The number of nitrogen functional groups attached to an aromatic ring is 1. The number of ether oxygens (including phenoxy) is 3. The summed E-state index contributed by atoms with van der Waals surface area (Å²) in [6.07, 6.45) is -3.41. The fraction of sp³-hybridized carbons (Fsp3) is 0.545. The van der Waals surface area contributed by atoms with Crippen LogP contribution in [-0.4, -0.2) is 105 Å². The summed E-state index contributed by atoms with van der Waals surface area (Å²) in [6, 6.07) is 0. The molecule has 4 aromatic heterocycles. The number of alkyl halides is 1. The van der Waals surface area contributed by atoms with Gasteiger partial charge in [0.05, 0.1) is 38.2 Å². The highest BCUT2D eigenvalue weighted by atomic mass is 32.5. The molecule has 0 spiro atoms. The average molecular weight is 704 g/mol. The number of hydrogen-bond donors (Lipinski definition) is 3. The molecule has 240 valence electrons. The van der Waals surface area contributed by atoms with Crippen LogP contribution in [0.3, 0.4) is 0 Å². The van der Waals surface area contributed by atoms with Crippen molar-refractivity contribution in [2.45, 2.75) is 55.6 Å². The third-order valence-corrected chi connectivity index (χ3v) is 11.2. The van der Waals surface area contributed by atoms with Gasteiger partial charge >= 0.3 is 13.4 Å². The van der Waals surface area contributed by atoms with E-state index < -0.39 is 75.3 Å². The Kier molecular flexibility index (Phi) is 7.12. The lowest BCUT2D eigenvalue weighted by atomic mass is 10.0. The Hall–Kier alpha value is -2.23. The van der Waals surface area contributed by atoms with E-state index in [4.69, 9.17) is 61.7 Å². The van der Waals surface area contributed by atoms with E-state index in [1.165, 1.54) is 29.9 Å². The number of nitrogens with two attached hydrogens (primary N) is 1. The fourth-order valence-corrected chi connectivity index (χ4v) is 8.85. The molecule has 8 rings (SSSR count). The van der Waals surface area contributed by atoms with E-state index in [0.29, 0.717) is 16.9 Å². The molecule has 4 aromatic rings. The van der Waals surface area contributed by atoms with Crippen molar-refractivity contribution in [2.24, 2.45) is 0 Å². The monoisotopic (exact) mass is 703 g/mol. The van der Waals surface area contributed by atoms with Crippen LogP contribution in [0.1, 0.15) is 18.1 Å². The van der Waals surface area contributed by atoms with E-state index in [1.54, 1.807) is 11.5 Å². The minimum atomic E-state index is -4.22. The molecule has 4 fully saturated rings. The zero-order valence-corrected chi connectivity index (χ0v) is 26.4. The first-order valence-electron chi connectivity index (χ1n) is 13.4. The van der Waals surface area contributed by atoms with Crippen LogP contribution in [0.5, 0.6) is 0 Å². The molecule has 0 saturated carbocycles. The summed E-state index contributed by atoms with van der Waals surface area (Å²) in [6.45, 7) is -7.59. The predicted molar refractivity (Wildman–Crippen MR) is 156 cm³/mol. The molecule has 45 heavy (non-hydrogen) atoms. The third kappa shape index (κ3) is 4.93. The molecule has 2 unspecified atom stereocenters. The van der Waals surface area contributed by atoms with Crippen molar-refractivity contribution in [3.63, 3.8) is 0 Å². The second-order valence-corrected chi connectivity index (χ2v) is 16.4. The number of fused-ring (bicyclic) bond motifs is 4. The highest BCUT2D eigenvalue weighted by molar-refractivity contribution is 8.07. The molecule has 4 bridgehead atoms. The van der Waals surface area contributed by atoms with Gasteiger partial charge in [-0.2, -0.15) is 0 Å². The van der Waals surface area contributed by atoms with E-state index in [9.17, 15) is 9.79 Å². The summed E-state index contributed by atoms with van der Waals surface area (Å²) >= 11 is 10.7. The summed E-state index contributed by atoms with van der Waals surface area (Å²) in [5.74, 6) is 0.0915. The Bertz CT molecular complexity index is 1920. The maximum atomic E-state index is 16.0. The normalized spacial score (nSPS) is 40.3. The SMILES string of the molecule is Cc1ncnc2c1ncn2[C@@H]1O[C@@]23CO[C@@H]1[C@@H]2OP(O)(=S)OC[C@H]1O[C@@H](n2cnc4c(N)ncnc42)[C@H](OP(O)(=S)OC3)[C@@H]1F. The van der Waals surface area contributed by atoms with Gasteiger partial charge < -0.3 is 38.8 Å². The van der Waals surface area contributed by atoms with Crippen LogP contribution in [0.15, 0.2) is 25.3 Å². The Morgan fingerprint density at radius 1 is 0.911 bits per heavy atom. The van der Waals surface area contributed by atoms with Gasteiger partial charge in [0.1, 0.15) is 53.7 Å². The van der Waals surface area contributed by atoms with Gasteiger partial charge in [0.2, 0.25) is 0 Å². The summed E-state index contributed by atoms with van der Waals surface area (Å²) in [5.41, 5.74) is 6.59. The lowest BCUT2D eigenvalue weighted by molar-refractivity contribution is -0.183. The van der Waals surface area contributed by atoms with Crippen molar-refractivity contribution < 1.29 is 46.5 Å².